The number of carbonyl (C=O) groups excluding carboxylic acids is 3. The van der Waals surface area contributed by atoms with Gasteiger partial charge in [-0.15, -0.1) is 0 Å². The number of imide groups is 1. The molecule has 1 N–H and O–H groups in total. The van der Waals surface area contributed by atoms with Gasteiger partial charge in [-0.1, -0.05) is 11.6 Å². The molecular formula is C15H13ClN2O5. The Balaban J connectivity index is 1.67. The summed E-state index contributed by atoms with van der Waals surface area (Å²) >= 11 is 6.12. The maximum atomic E-state index is 12.9. The maximum absolute atomic E-state index is 12.9. The summed E-state index contributed by atoms with van der Waals surface area (Å²) in [5.74, 6) is -0.301. The van der Waals surface area contributed by atoms with Crippen molar-refractivity contribution in [2.45, 2.75) is 31.3 Å². The van der Waals surface area contributed by atoms with Gasteiger partial charge in [-0.05, 0) is 25.0 Å². The van der Waals surface area contributed by atoms with Gasteiger partial charge in [0.25, 0.3) is 5.91 Å². The van der Waals surface area contributed by atoms with Gasteiger partial charge in [0.05, 0.1) is 11.4 Å². The molecule has 1 aromatic carbocycles. The number of fused-ring (bicyclic) bond motifs is 1. The summed E-state index contributed by atoms with van der Waals surface area (Å²) in [6, 6.07) is 2.28. The molecule has 1 saturated heterocycles. The second-order valence-corrected chi connectivity index (χ2v) is 6.18. The molecule has 0 aromatic heterocycles. The van der Waals surface area contributed by atoms with Crippen LogP contribution in [-0.4, -0.2) is 41.5 Å². The van der Waals surface area contributed by atoms with Gasteiger partial charge in [0.15, 0.2) is 11.5 Å². The molecule has 2 heterocycles. The predicted octanol–water partition coefficient (Wildman–Crippen LogP) is 1.09. The zero-order valence-electron chi connectivity index (χ0n) is 12.0. The normalized spacial score (nSPS) is 22.2. The summed E-state index contributed by atoms with van der Waals surface area (Å²) in [7, 11) is 0. The molecule has 0 unspecified atom stereocenters. The lowest BCUT2D eigenvalue weighted by atomic mass is 10.1. The molecule has 1 atom stereocenters. The van der Waals surface area contributed by atoms with Gasteiger partial charge < -0.3 is 14.4 Å². The van der Waals surface area contributed by atoms with Crippen LogP contribution < -0.4 is 14.8 Å². The summed E-state index contributed by atoms with van der Waals surface area (Å²) in [4.78, 5) is 37.8. The fraction of sp³-hybridized carbons (Fsp3) is 0.400. The molecule has 7 nitrogen and oxygen atoms in total. The van der Waals surface area contributed by atoms with Gasteiger partial charge in [-0.3, -0.25) is 19.7 Å². The van der Waals surface area contributed by atoms with E-state index in [1.54, 1.807) is 6.07 Å². The van der Waals surface area contributed by atoms with Gasteiger partial charge in [0.1, 0.15) is 6.04 Å². The van der Waals surface area contributed by atoms with Crippen molar-refractivity contribution in [2.75, 3.05) is 6.79 Å². The number of rotatable bonds is 3. The number of amides is 3. The predicted molar refractivity (Wildman–Crippen MR) is 78.3 cm³/mol. The molecule has 0 radical (unpaired) electrons. The van der Waals surface area contributed by atoms with Crippen LogP contribution in [-0.2, 0) is 9.59 Å². The highest BCUT2D eigenvalue weighted by atomic mass is 35.5. The van der Waals surface area contributed by atoms with Crippen molar-refractivity contribution in [1.82, 2.24) is 10.2 Å². The van der Waals surface area contributed by atoms with E-state index in [-0.39, 0.29) is 36.1 Å². The molecular weight excluding hydrogens is 324 g/mol. The lowest BCUT2D eigenvalue weighted by molar-refractivity contribution is -0.126. The third-order valence-corrected chi connectivity index (χ3v) is 4.41. The first-order valence-electron chi connectivity index (χ1n) is 7.30. The molecule has 23 heavy (non-hydrogen) atoms. The van der Waals surface area contributed by atoms with Crippen molar-refractivity contribution >= 4 is 29.3 Å². The molecule has 0 bridgehead atoms. The first-order valence-corrected chi connectivity index (χ1v) is 7.68. The first kappa shape index (κ1) is 14.3. The van der Waals surface area contributed by atoms with Crippen LogP contribution in [0.25, 0.3) is 0 Å². The van der Waals surface area contributed by atoms with E-state index in [1.807, 2.05) is 0 Å². The smallest absolute Gasteiger partial charge is 0.254 e. The molecule has 1 saturated carbocycles. The number of carbonyl (C=O) groups is 3. The number of benzene rings is 1. The Hall–Kier alpha value is -2.28. The Labute approximate surface area is 136 Å². The van der Waals surface area contributed by atoms with E-state index in [1.165, 1.54) is 11.0 Å². The average Bonchev–Trinajstić information content (AvgIpc) is 3.11. The van der Waals surface area contributed by atoms with Crippen LogP contribution in [0.3, 0.4) is 0 Å². The highest BCUT2D eigenvalue weighted by molar-refractivity contribution is 6.32. The quantitative estimate of drug-likeness (QED) is 0.835. The van der Waals surface area contributed by atoms with E-state index in [4.69, 9.17) is 21.1 Å². The van der Waals surface area contributed by atoms with Crippen LogP contribution in [0, 0.1) is 0 Å². The van der Waals surface area contributed by atoms with Crippen LogP contribution in [0.1, 0.15) is 29.6 Å². The Morgan fingerprint density at radius 3 is 2.70 bits per heavy atom. The zero-order valence-corrected chi connectivity index (χ0v) is 12.8. The van der Waals surface area contributed by atoms with Crippen molar-refractivity contribution in [3.05, 3.63) is 22.7 Å². The lowest BCUT2D eigenvalue weighted by Gasteiger charge is -2.27. The summed E-state index contributed by atoms with van der Waals surface area (Å²) in [5.41, 5.74) is 0.318. The number of nitrogens with zero attached hydrogens (tertiary/aromatic N) is 1. The minimum atomic E-state index is -0.758. The summed E-state index contributed by atoms with van der Waals surface area (Å²) in [6.45, 7) is 0.0541. The van der Waals surface area contributed by atoms with Crippen LogP contribution >= 0.6 is 11.6 Å². The Bertz CT molecular complexity index is 731. The van der Waals surface area contributed by atoms with E-state index in [2.05, 4.69) is 5.32 Å². The minimum Gasteiger partial charge on any atom is -0.454 e. The topological polar surface area (TPSA) is 84.9 Å². The molecule has 3 amide bonds. The van der Waals surface area contributed by atoms with Gasteiger partial charge >= 0.3 is 0 Å². The van der Waals surface area contributed by atoms with Gasteiger partial charge in [-0.25, -0.2) is 0 Å². The second-order valence-electron chi connectivity index (χ2n) is 5.77. The van der Waals surface area contributed by atoms with Crippen LogP contribution in [0.15, 0.2) is 12.1 Å². The van der Waals surface area contributed by atoms with Crippen LogP contribution in [0.5, 0.6) is 11.5 Å². The monoisotopic (exact) mass is 336 g/mol. The molecule has 3 aliphatic rings. The van der Waals surface area contributed by atoms with E-state index >= 15 is 0 Å². The summed E-state index contributed by atoms with van der Waals surface area (Å²) in [5, 5.41) is 2.53. The maximum Gasteiger partial charge on any atom is 0.254 e. The molecule has 1 aromatic rings. The highest BCUT2D eigenvalue weighted by Gasteiger charge is 2.45. The van der Waals surface area contributed by atoms with Gasteiger partial charge in [0, 0.05) is 11.6 Å². The van der Waals surface area contributed by atoms with E-state index in [0.29, 0.717) is 17.1 Å². The molecule has 8 heteroatoms. The molecule has 120 valence electrons. The minimum absolute atomic E-state index is 0.000638. The SMILES string of the molecule is O=C1C[C@H](N(C(=O)c2cc(Cl)c3c(c2)OCO3)C2CC2)C(=O)N1. The van der Waals surface area contributed by atoms with E-state index in [9.17, 15) is 14.4 Å². The third-order valence-electron chi connectivity index (χ3n) is 4.13. The standard InChI is InChI=1S/C15H13ClN2O5/c16-9-3-7(4-11-13(9)23-6-22-11)15(21)18(8-1-2-8)10-5-12(19)17-14(10)20/h3-4,8,10H,1-2,5-6H2,(H,17,19,20)/t10-/m0/s1. The highest BCUT2D eigenvalue weighted by Crippen LogP contribution is 2.41. The fourth-order valence-corrected chi connectivity index (χ4v) is 3.18. The fourth-order valence-electron chi connectivity index (χ4n) is 2.92. The van der Waals surface area contributed by atoms with Crippen molar-refractivity contribution in [2.24, 2.45) is 0 Å². The number of hydrogen-bond donors (Lipinski definition) is 1. The summed E-state index contributed by atoms with van der Waals surface area (Å²) in [6.07, 6.45) is 1.64. The Morgan fingerprint density at radius 2 is 2.04 bits per heavy atom. The number of hydrogen-bond acceptors (Lipinski definition) is 5. The Morgan fingerprint density at radius 1 is 1.26 bits per heavy atom. The zero-order chi connectivity index (χ0) is 16.1. The first-order chi connectivity index (χ1) is 11.0. The van der Waals surface area contributed by atoms with Gasteiger partial charge in [0.2, 0.25) is 18.6 Å². The molecule has 1 aliphatic carbocycles. The molecule has 2 aliphatic heterocycles. The van der Waals surface area contributed by atoms with Gasteiger partial charge in [-0.2, -0.15) is 0 Å². The second kappa shape index (κ2) is 5.13. The molecule has 0 spiro atoms. The number of ether oxygens (including phenoxy) is 2. The number of nitrogens with one attached hydrogen (secondary N) is 1. The number of halogens is 1. The largest absolute Gasteiger partial charge is 0.454 e. The lowest BCUT2D eigenvalue weighted by Crippen LogP contribution is -2.45. The molecule has 2 fully saturated rings. The van der Waals surface area contributed by atoms with Crippen LogP contribution in [0.4, 0.5) is 0 Å². The van der Waals surface area contributed by atoms with Crippen molar-refractivity contribution in [3.63, 3.8) is 0 Å². The van der Waals surface area contributed by atoms with E-state index in [0.717, 1.165) is 12.8 Å². The summed E-state index contributed by atoms with van der Waals surface area (Å²) < 4.78 is 10.5. The van der Waals surface area contributed by atoms with Crippen molar-refractivity contribution in [3.8, 4) is 11.5 Å². The van der Waals surface area contributed by atoms with Crippen molar-refractivity contribution in [1.29, 1.82) is 0 Å². The third kappa shape index (κ3) is 2.41. The van der Waals surface area contributed by atoms with Crippen LogP contribution in [0.2, 0.25) is 5.02 Å². The molecule has 4 rings (SSSR count). The Kier molecular flexibility index (Phi) is 3.19. The average molecular weight is 337 g/mol. The van der Waals surface area contributed by atoms with E-state index < -0.39 is 11.9 Å². The van der Waals surface area contributed by atoms with Crippen molar-refractivity contribution < 1.29 is 23.9 Å².